The van der Waals surface area contributed by atoms with E-state index in [9.17, 15) is 14.4 Å². The van der Waals surface area contributed by atoms with Crippen LogP contribution in [0.25, 0.3) is 11.1 Å². The van der Waals surface area contributed by atoms with Gasteiger partial charge >= 0.3 is 0 Å². The molecule has 5 nitrogen and oxygen atoms in total. The molecule has 0 saturated carbocycles. The molecule has 0 aromatic heterocycles. The van der Waals surface area contributed by atoms with E-state index >= 15 is 0 Å². The molecule has 0 unspecified atom stereocenters. The number of para-hydroxylation sites is 1. The van der Waals surface area contributed by atoms with Crippen molar-refractivity contribution in [2.24, 2.45) is 0 Å². The summed E-state index contributed by atoms with van der Waals surface area (Å²) in [4.78, 5) is 40.7. The lowest BCUT2D eigenvalue weighted by Gasteiger charge is -2.20. The third-order valence-corrected chi connectivity index (χ3v) is 6.29. The summed E-state index contributed by atoms with van der Waals surface area (Å²) < 4.78 is 0. The predicted octanol–water partition coefficient (Wildman–Crippen LogP) is 4.99. The number of hydrogen-bond acceptors (Lipinski definition) is 3. The van der Waals surface area contributed by atoms with Crippen LogP contribution in [0.3, 0.4) is 0 Å². The fourth-order valence-corrected chi connectivity index (χ4v) is 4.79. The second kappa shape index (κ2) is 7.28. The monoisotopic (exact) mass is 430 g/mol. The molecule has 0 atom stereocenters. The van der Waals surface area contributed by atoms with E-state index in [0.29, 0.717) is 11.1 Å². The average molecular weight is 430 g/mol. The van der Waals surface area contributed by atoms with Gasteiger partial charge in [0.25, 0.3) is 17.7 Å². The minimum atomic E-state index is -0.424. The molecule has 0 saturated heterocycles. The average Bonchev–Trinajstić information content (AvgIpc) is 3.31. The van der Waals surface area contributed by atoms with Gasteiger partial charge in [0.2, 0.25) is 0 Å². The van der Waals surface area contributed by atoms with Crippen molar-refractivity contribution < 1.29 is 14.4 Å². The molecule has 4 aromatic rings. The topological polar surface area (TPSA) is 66.5 Å². The third-order valence-electron chi connectivity index (χ3n) is 6.29. The zero-order valence-electron chi connectivity index (χ0n) is 17.5. The molecule has 1 N–H and O–H groups in total. The number of nitrogens with one attached hydrogen (secondary N) is 1. The van der Waals surface area contributed by atoms with Crippen molar-refractivity contribution in [3.8, 4) is 11.1 Å². The second-order valence-electron chi connectivity index (χ2n) is 8.09. The number of imide groups is 1. The molecular formula is C28H18N2O3. The molecule has 1 aliphatic carbocycles. The molecule has 0 radical (unpaired) electrons. The molecule has 3 amide bonds. The van der Waals surface area contributed by atoms with Crippen LogP contribution in [0.15, 0.2) is 97.1 Å². The van der Waals surface area contributed by atoms with Gasteiger partial charge in [-0.15, -0.1) is 0 Å². The Kier molecular flexibility index (Phi) is 4.23. The quantitative estimate of drug-likeness (QED) is 0.466. The zero-order chi connectivity index (χ0) is 22.5. The molecule has 5 heteroatoms. The van der Waals surface area contributed by atoms with Crippen molar-refractivity contribution >= 4 is 23.4 Å². The van der Waals surface area contributed by atoms with Crippen LogP contribution in [0.5, 0.6) is 0 Å². The Balaban J connectivity index is 1.38. The first kappa shape index (κ1) is 19.2. The summed E-state index contributed by atoms with van der Waals surface area (Å²) in [6, 6.07) is 29.1. The van der Waals surface area contributed by atoms with E-state index in [1.807, 2.05) is 48.5 Å². The minimum Gasteiger partial charge on any atom is -0.341 e. The smallest absolute Gasteiger partial charge is 0.266 e. The fourth-order valence-electron chi connectivity index (χ4n) is 4.79. The number of fused-ring (bicyclic) bond motifs is 4. The summed E-state index contributed by atoms with van der Waals surface area (Å²) >= 11 is 0. The summed E-state index contributed by atoms with van der Waals surface area (Å²) in [5.74, 6) is -1.20. The zero-order valence-corrected chi connectivity index (χ0v) is 17.5. The first-order valence-corrected chi connectivity index (χ1v) is 10.7. The highest BCUT2D eigenvalue weighted by molar-refractivity contribution is 6.35. The van der Waals surface area contributed by atoms with Gasteiger partial charge in [0, 0.05) is 0 Å². The van der Waals surface area contributed by atoms with Crippen LogP contribution in [-0.2, 0) is 0 Å². The van der Waals surface area contributed by atoms with E-state index in [-0.39, 0.29) is 23.2 Å². The van der Waals surface area contributed by atoms with Crippen molar-refractivity contribution in [3.63, 3.8) is 0 Å². The summed E-state index contributed by atoms with van der Waals surface area (Å²) in [5.41, 5.74) is 5.46. The van der Waals surface area contributed by atoms with Crippen molar-refractivity contribution in [2.45, 2.75) is 6.04 Å². The molecule has 0 fully saturated rings. The highest BCUT2D eigenvalue weighted by Gasteiger charge is 2.38. The van der Waals surface area contributed by atoms with Crippen molar-refractivity contribution in [3.05, 3.63) is 125 Å². The largest absolute Gasteiger partial charge is 0.341 e. The molecular weight excluding hydrogens is 412 g/mol. The maximum absolute atomic E-state index is 13.5. The van der Waals surface area contributed by atoms with Gasteiger partial charge in [-0.05, 0) is 46.5 Å². The van der Waals surface area contributed by atoms with Crippen LogP contribution in [0.4, 0.5) is 5.69 Å². The van der Waals surface area contributed by atoms with E-state index in [1.54, 1.807) is 48.5 Å². The maximum atomic E-state index is 13.5. The van der Waals surface area contributed by atoms with Crippen LogP contribution < -0.4 is 10.2 Å². The number of amides is 3. The fraction of sp³-hybridized carbons (Fsp3) is 0.0357. The van der Waals surface area contributed by atoms with E-state index in [4.69, 9.17) is 0 Å². The van der Waals surface area contributed by atoms with Crippen molar-refractivity contribution in [1.29, 1.82) is 0 Å². The van der Waals surface area contributed by atoms with E-state index in [0.717, 1.165) is 27.2 Å². The lowest BCUT2D eigenvalue weighted by molar-refractivity contribution is 0.0926. The minimum absolute atomic E-state index is 0.272. The molecule has 6 rings (SSSR count). The van der Waals surface area contributed by atoms with Crippen LogP contribution in [0.1, 0.15) is 48.2 Å². The Hall–Kier alpha value is -4.51. The number of nitrogens with zero attached hydrogens (tertiary/aromatic N) is 1. The predicted molar refractivity (Wildman–Crippen MR) is 125 cm³/mol. The molecule has 2 aliphatic rings. The summed E-state index contributed by atoms with van der Waals surface area (Å²) in [7, 11) is 0. The Morgan fingerprint density at radius 3 is 1.64 bits per heavy atom. The van der Waals surface area contributed by atoms with Gasteiger partial charge in [0.1, 0.15) is 0 Å². The third kappa shape index (κ3) is 2.83. The van der Waals surface area contributed by atoms with E-state index in [2.05, 4.69) is 5.32 Å². The SMILES string of the molecule is O=C(NC1c2ccccc2-c2ccccc21)c1ccccc1N1C(=O)c2ccccc2C1=O. The number of anilines is 1. The maximum Gasteiger partial charge on any atom is 0.266 e. The van der Waals surface area contributed by atoms with Crippen LogP contribution >= 0.6 is 0 Å². The Labute approximate surface area is 190 Å². The lowest BCUT2D eigenvalue weighted by atomic mass is 10.0. The second-order valence-corrected chi connectivity index (χ2v) is 8.09. The van der Waals surface area contributed by atoms with Gasteiger partial charge < -0.3 is 5.32 Å². The lowest BCUT2D eigenvalue weighted by Crippen LogP contribution is -2.34. The van der Waals surface area contributed by atoms with Crippen LogP contribution in [0, 0.1) is 0 Å². The van der Waals surface area contributed by atoms with Crippen molar-refractivity contribution in [2.75, 3.05) is 4.90 Å². The number of benzene rings is 4. The Morgan fingerprint density at radius 2 is 1.06 bits per heavy atom. The Morgan fingerprint density at radius 1 is 0.606 bits per heavy atom. The first-order chi connectivity index (χ1) is 16.1. The number of rotatable bonds is 3. The van der Waals surface area contributed by atoms with Gasteiger partial charge in [0.05, 0.1) is 28.4 Å². The van der Waals surface area contributed by atoms with E-state index < -0.39 is 11.8 Å². The summed E-state index contributed by atoms with van der Waals surface area (Å²) in [5, 5.41) is 3.13. The molecule has 1 heterocycles. The van der Waals surface area contributed by atoms with Gasteiger partial charge in [-0.25, -0.2) is 4.90 Å². The normalized spacial score (nSPS) is 14.1. The van der Waals surface area contributed by atoms with E-state index in [1.165, 1.54) is 0 Å². The molecule has 1 aliphatic heterocycles. The highest BCUT2D eigenvalue weighted by Crippen LogP contribution is 2.43. The summed E-state index contributed by atoms with van der Waals surface area (Å²) in [6.45, 7) is 0. The van der Waals surface area contributed by atoms with Crippen LogP contribution in [-0.4, -0.2) is 17.7 Å². The standard InChI is InChI=1S/C28H18N2O3/c31-26(29-25-19-11-3-1-9-17(19)18-10-2-4-12-20(18)25)23-15-7-8-16-24(23)30-27(32)21-13-5-6-14-22(21)28(30)33/h1-16,25H,(H,29,31). The first-order valence-electron chi connectivity index (χ1n) is 10.7. The number of hydrogen-bond donors (Lipinski definition) is 1. The highest BCUT2D eigenvalue weighted by atomic mass is 16.2. The molecule has 158 valence electrons. The molecule has 0 spiro atoms. The van der Waals surface area contributed by atoms with Gasteiger partial charge in [-0.2, -0.15) is 0 Å². The number of carbonyl (C=O) groups excluding carboxylic acids is 3. The van der Waals surface area contributed by atoms with Gasteiger partial charge in [-0.1, -0.05) is 72.8 Å². The molecule has 4 aromatic carbocycles. The molecule has 0 bridgehead atoms. The summed E-state index contributed by atoms with van der Waals surface area (Å²) in [6.07, 6.45) is 0. The molecule has 33 heavy (non-hydrogen) atoms. The number of carbonyl (C=O) groups is 3. The van der Waals surface area contributed by atoms with Gasteiger partial charge in [-0.3, -0.25) is 14.4 Å². The van der Waals surface area contributed by atoms with Gasteiger partial charge in [0.15, 0.2) is 0 Å². The van der Waals surface area contributed by atoms with Crippen molar-refractivity contribution in [1.82, 2.24) is 5.32 Å². The Bertz CT molecular complexity index is 1390. The van der Waals surface area contributed by atoms with Crippen LogP contribution in [0.2, 0.25) is 0 Å².